The summed E-state index contributed by atoms with van der Waals surface area (Å²) in [7, 11) is 0. The molecule has 0 spiro atoms. The van der Waals surface area contributed by atoms with Crippen LogP contribution in [0.25, 0.3) is 0 Å². The second-order valence-corrected chi connectivity index (χ2v) is 17.8. The Kier molecular flexibility index (Phi) is 16.5. The van der Waals surface area contributed by atoms with Gasteiger partial charge in [-0.2, -0.15) is 0 Å². The van der Waals surface area contributed by atoms with Crippen molar-refractivity contribution in [3.05, 3.63) is 35.8 Å². The van der Waals surface area contributed by atoms with E-state index in [2.05, 4.69) is 6.58 Å². The Hall–Kier alpha value is -2.80. The van der Waals surface area contributed by atoms with Crippen molar-refractivity contribution in [2.45, 2.75) is 145 Å². The minimum absolute atomic E-state index is 0.0106. The van der Waals surface area contributed by atoms with Crippen molar-refractivity contribution in [2.24, 2.45) is 41.4 Å². The topological polar surface area (TPSA) is 310 Å². The highest BCUT2D eigenvalue weighted by Crippen LogP contribution is 2.49. The fraction of sp³-hybridized carbons (Fsp3) is 0.810. The third-order valence-corrected chi connectivity index (χ3v) is 13.4. The van der Waals surface area contributed by atoms with Gasteiger partial charge in [0.25, 0.3) is 0 Å². The van der Waals surface area contributed by atoms with Crippen molar-refractivity contribution in [1.82, 2.24) is 0 Å². The number of fused-ring (bicyclic) bond motifs is 2. The van der Waals surface area contributed by atoms with Gasteiger partial charge in [-0.05, 0) is 49.0 Å². The molecule has 352 valence electrons. The number of carbonyl (C=O) groups excluding carboxylic acids is 2. The molecule has 21 atom stereocenters. The maximum Gasteiger partial charge on any atom is 0.337 e. The lowest BCUT2D eigenvalue weighted by molar-refractivity contribution is -0.342. The lowest BCUT2D eigenvalue weighted by Gasteiger charge is -2.43. The van der Waals surface area contributed by atoms with Crippen LogP contribution >= 0.6 is 0 Å². The van der Waals surface area contributed by atoms with E-state index in [1.54, 1.807) is 6.92 Å². The Morgan fingerprint density at radius 3 is 1.82 bits per heavy atom. The smallest absolute Gasteiger partial charge is 0.337 e. The maximum atomic E-state index is 13.3. The van der Waals surface area contributed by atoms with Crippen LogP contribution in [0.2, 0.25) is 0 Å². The summed E-state index contributed by atoms with van der Waals surface area (Å²) in [6.45, 7) is 8.71. The Bertz CT molecular complexity index is 1600. The molecule has 62 heavy (non-hydrogen) atoms. The van der Waals surface area contributed by atoms with E-state index >= 15 is 0 Å². The number of rotatable bonds is 17. The molecule has 2 saturated carbocycles. The maximum absolute atomic E-state index is 13.3. The average molecular weight is 889 g/mol. The summed E-state index contributed by atoms with van der Waals surface area (Å²) in [6.07, 6.45) is -13.4. The zero-order chi connectivity index (χ0) is 45.2. The highest BCUT2D eigenvalue weighted by atomic mass is 16.8. The largest absolute Gasteiger partial charge is 0.472 e. The first-order valence-electron chi connectivity index (χ1n) is 21.5. The molecule has 0 aromatic carbocycles. The molecular formula is C42H64O20. The molecule has 10 N–H and O–H groups in total. The molecule has 20 heteroatoms. The third-order valence-electron chi connectivity index (χ3n) is 13.4. The van der Waals surface area contributed by atoms with Crippen LogP contribution in [-0.2, 0) is 47.5 Å². The van der Waals surface area contributed by atoms with E-state index in [4.69, 9.17) is 37.9 Å². The fourth-order valence-corrected chi connectivity index (χ4v) is 9.40. The van der Waals surface area contributed by atoms with Crippen molar-refractivity contribution in [3.63, 3.8) is 0 Å². The molecule has 2 saturated heterocycles. The molecule has 2 unspecified atom stereocenters. The number of ether oxygens (including phenoxy) is 8. The van der Waals surface area contributed by atoms with Gasteiger partial charge in [0.2, 0.25) is 12.6 Å². The number of aliphatic hydroxyl groups excluding tert-OH is 10. The van der Waals surface area contributed by atoms with Gasteiger partial charge in [-0.1, -0.05) is 40.2 Å². The van der Waals surface area contributed by atoms with Gasteiger partial charge in [0.05, 0.1) is 68.2 Å². The minimum atomic E-state index is -1.68. The van der Waals surface area contributed by atoms with Gasteiger partial charge in [0, 0.05) is 17.8 Å². The summed E-state index contributed by atoms with van der Waals surface area (Å²) < 4.78 is 45.5. The summed E-state index contributed by atoms with van der Waals surface area (Å²) in [4.78, 5) is 26.6. The highest BCUT2D eigenvalue weighted by Gasteiger charge is 2.55. The van der Waals surface area contributed by atoms with E-state index in [-0.39, 0.29) is 55.0 Å². The van der Waals surface area contributed by atoms with Gasteiger partial charge < -0.3 is 89.0 Å². The first-order chi connectivity index (χ1) is 29.5. The summed E-state index contributed by atoms with van der Waals surface area (Å²) in [5.41, 5.74) is 0.765. The number of esters is 2. The molecule has 0 bridgehead atoms. The van der Waals surface area contributed by atoms with Crippen molar-refractivity contribution >= 4 is 11.9 Å². The standard InChI is InChI=1S/C42H64O20/c1-17(8-9-55-37(53)23-15-57-39(29-19(3)25(45)10-21(23)29)61-41-35(51)33(49)31(47)27(12-43)59-41)6-5-7-18(2)14-56-38(54)24-16-58-40(30-20(4)26(46)11-22(24)30)62-42-36(52)34(50)32(48)28(13-44)60-42/h15-18,20-22,25-36,39-52H,3,5-14H2,1-2,4H3/t17?,18?,20-,21-,22-,25+,26+,27-,28-,29-,30-,31-,32-,33+,34+,35-,36-,39+,40+,41+,42+/m1/s1. The van der Waals surface area contributed by atoms with Gasteiger partial charge in [-0.15, -0.1) is 0 Å². The minimum Gasteiger partial charge on any atom is -0.472 e. The number of hydrogen-bond donors (Lipinski definition) is 10. The molecule has 0 aromatic heterocycles. The quantitative estimate of drug-likeness (QED) is 0.0569. The molecule has 6 rings (SSSR count). The zero-order valence-corrected chi connectivity index (χ0v) is 35.1. The zero-order valence-electron chi connectivity index (χ0n) is 35.1. The van der Waals surface area contributed by atoms with E-state index in [1.165, 1.54) is 12.5 Å². The van der Waals surface area contributed by atoms with E-state index in [1.807, 2.05) is 13.8 Å². The van der Waals surface area contributed by atoms with Crippen LogP contribution in [0.1, 0.15) is 59.3 Å². The van der Waals surface area contributed by atoms with Gasteiger partial charge in [0.15, 0.2) is 12.6 Å². The van der Waals surface area contributed by atoms with Crippen molar-refractivity contribution < 1.29 is 98.5 Å². The summed E-state index contributed by atoms with van der Waals surface area (Å²) in [6, 6.07) is 0. The molecule has 0 amide bonds. The first kappa shape index (κ1) is 48.7. The lowest BCUT2D eigenvalue weighted by Crippen LogP contribution is -2.60. The second kappa shape index (κ2) is 21.0. The van der Waals surface area contributed by atoms with Gasteiger partial charge >= 0.3 is 11.9 Å². The van der Waals surface area contributed by atoms with E-state index in [9.17, 15) is 60.7 Å². The second-order valence-electron chi connectivity index (χ2n) is 17.8. The van der Waals surface area contributed by atoms with Crippen molar-refractivity contribution in [1.29, 1.82) is 0 Å². The van der Waals surface area contributed by atoms with Crippen LogP contribution < -0.4 is 0 Å². The van der Waals surface area contributed by atoms with E-state index < -0.39 is 135 Å². The summed E-state index contributed by atoms with van der Waals surface area (Å²) in [5.74, 6) is -3.76. The normalized spacial score (nSPS) is 42.7. The van der Waals surface area contributed by atoms with E-state index in [0.717, 1.165) is 19.3 Å². The van der Waals surface area contributed by atoms with Crippen LogP contribution in [0, 0.1) is 41.4 Å². The summed E-state index contributed by atoms with van der Waals surface area (Å²) in [5, 5.41) is 102. The van der Waals surface area contributed by atoms with Crippen LogP contribution in [0.15, 0.2) is 35.8 Å². The van der Waals surface area contributed by atoms with E-state index in [0.29, 0.717) is 12.0 Å². The molecular weight excluding hydrogens is 824 g/mol. The molecule has 2 aliphatic carbocycles. The van der Waals surface area contributed by atoms with Gasteiger partial charge in [-0.3, -0.25) is 0 Å². The van der Waals surface area contributed by atoms with Crippen molar-refractivity contribution in [2.75, 3.05) is 26.4 Å². The highest BCUT2D eigenvalue weighted by molar-refractivity contribution is 5.89. The Labute approximate surface area is 359 Å². The number of carbonyl (C=O) groups is 2. The molecule has 4 fully saturated rings. The summed E-state index contributed by atoms with van der Waals surface area (Å²) >= 11 is 0. The molecule has 4 heterocycles. The Morgan fingerprint density at radius 1 is 0.694 bits per heavy atom. The van der Waals surface area contributed by atoms with Gasteiger partial charge in [-0.25, -0.2) is 9.59 Å². The first-order valence-corrected chi connectivity index (χ1v) is 21.5. The lowest BCUT2D eigenvalue weighted by atomic mass is 9.83. The predicted molar refractivity (Wildman–Crippen MR) is 208 cm³/mol. The Balaban J connectivity index is 0.921. The molecule has 0 aromatic rings. The molecule has 0 radical (unpaired) electrons. The monoisotopic (exact) mass is 888 g/mol. The van der Waals surface area contributed by atoms with Crippen molar-refractivity contribution in [3.8, 4) is 0 Å². The number of hydrogen-bond acceptors (Lipinski definition) is 20. The third kappa shape index (κ3) is 10.3. The average Bonchev–Trinajstić information content (AvgIpc) is 3.72. The molecule has 20 nitrogen and oxygen atoms in total. The van der Waals surface area contributed by atoms with Gasteiger partial charge in [0.1, 0.15) is 48.8 Å². The fourth-order valence-electron chi connectivity index (χ4n) is 9.40. The van der Waals surface area contributed by atoms with Crippen LogP contribution in [0.5, 0.6) is 0 Å². The van der Waals surface area contributed by atoms with Crippen LogP contribution in [0.3, 0.4) is 0 Å². The Morgan fingerprint density at radius 2 is 1.23 bits per heavy atom. The molecule has 6 aliphatic rings. The van der Waals surface area contributed by atoms with Crippen LogP contribution in [0.4, 0.5) is 0 Å². The SMILES string of the molecule is C=C1[C@H]2[C@H](O[C@@H]3O[C@H](CO)[C@@H](O)[C@H](O)[C@H]3O)OC=C(C(=O)OCCC(C)CCCC(C)COC(=O)C3=CO[C@@H](O[C@@H]4O[C@H](CO)[C@@H](O)[C@H](O)[C@H]4O)[C@@H]4[C@H](C)[C@@H](O)C[C@H]34)[C@H]2C[C@@H]1O. The molecule has 4 aliphatic heterocycles. The number of aliphatic hydroxyl groups is 10. The van der Waals surface area contributed by atoms with Crippen LogP contribution in [-0.4, -0.2) is 176 Å². The predicted octanol–water partition coefficient (Wildman–Crippen LogP) is -1.79.